The summed E-state index contributed by atoms with van der Waals surface area (Å²) < 4.78 is 5.10. The van der Waals surface area contributed by atoms with Crippen molar-refractivity contribution in [3.05, 3.63) is 57.6 Å². The number of ether oxygens (including phenoxy) is 1. The first kappa shape index (κ1) is 16.0. The molecule has 0 radical (unpaired) electrons. The van der Waals surface area contributed by atoms with E-state index >= 15 is 0 Å². The standard InChI is InChI=1S/C16H17Cl2NO2/c1-10(13-5-4-12(17)8-14(13)18)19-9-11-3-6-15(20)16(7-11)21-2/h3-8,10,19-20H,9H2,1-2H3. The number of nitrogens with one attached hydrogen (secondary N) is 1. The van der Waals surface area contributed by atoms with Gasteiger partial charge in [-0.15, -0.1) is 0 Å². The lowest BCUT2D eigenvalue weighted by Gasteiger charge is -2.16. The van der Waals surface area contributed by atoms with E-state index in [2.05, 4.69) is 5.32 Å². The summed E-state index contributed by atoms with van der Waals surface area (Å²) in [7, 11) is 1.53. The Morgan fingerprint density at radius 2 is 1.95 bits per heavy atom. The quantitative estimate of drug-likeness (QED) is 0.846. The van der Waals surface area contributed by atoms with Crippen LogP contribution in [0.3, 0.4) is 0 Å². The largest absolute Gasteiger partial charge is 0.504 e. The molecule has 3 nitrogen and oxygen atoms in total. The van der Waals surface area contributed by atoms with Crippen LogP contribution in [0.1, 0.15) is 24.1 Å². The van der Waals surface area contributed by atoms with Gasteiger partial charge in [0.2, 0.25) is 0 Å². The van der Waals surface area contributed by atoms with Gasteiger partial charge in [0.1, 0.15) is 0 Å². The molecule has 5 heteroatoms. The molecule has 0 saturated heterocycles. The van der Waals surface area contributed by atoms with Gasteiger partial charge in [-0.1, -0.05) is 35.3 Å². The van der Waals surface area contributed by atoms with Gasteiger partial charge in [0.05, 0.1) is 7.11 Å². The van der Waals surface area contributed by atoms with E-state index in [1.165, 1.54) is 7.11 Å². The van der Waals surface area contributed by atoms with Crippen LogP contribution >= 0.6 is 23.2 Å². The highest BCUT2D eigenvalue weighted by molar-refractivity contribution is 6.35. The molecule has 0 aromatic heterocycles. The minimum Gasteiger partial charge on any atom is -0.504 e. The summed E-state index contributed by atoms with van der Waals surface area (Å²) in [6.45, 7) is 2.67. The molecule has 0 aliphatic heterocycles. The first-order valence-corrected chi connectivity index (χ1v) is 7.31. The highest BCUT2D eigenvalue weighted by Gasteiger charge is 2.10. The molecule has 0 spiro atoms. The van der Waals surface area contributed by atoms with Gasteiger partial charge in [0.15, 0.2) is 11.5 Å². The van der Waals surface area contributed by atoms with Gasteiger partial charge in [0, 0.05) is 22.6 Å². The van der Waals surface area contributed by atoms with Gasteiger partial charge in [-0.3, -0.25) is 0 Å². The van der Waals surface area contributed by atoms with Gasteiger partial charge < -0.3 is 15.2 Å². The minimum atomic E-state index is 0.0783. The summed E-state index contributed by atoms with van der Waals surface area (Å²) in [5.74, 6) is 0.599. The minimum absolute atomic E-state index is 0.0783. The van der Waals surface area contributed by atoms with Gasteiger partial charge in [-0.2, -0.15) is 0 Å². The topological polar surface area (TPSA) is 41.5 Å². The van der Waals surface area contributed by atoms with Gasteiger partial charge in [0.25, 0.3) is 0 Å². The zero-order valence-electron chi connectivity index (χ0n) is 11.9. The second-order valence-electron chi connectivity index (χ2n) is 4.77. The number of phenols is 1. The molecule has 1 unspecified atom stereocenters. The molecular weight excluding hydrogens is 309 g/mol. The molecule has 0 heterocycles. The summed E-state index contributed by atoms with van der Waals surface area (Å²) in [5, 5.41) is 14.2. The number of rotatable bonds is 5. The molecule has 1 atom stereocenters. The molecule has 2 rings (SSSR count). The second-order valence-corrected chi connectivity index (χ2v) is 5.62. The maximum absolute atomic E-state index is 9.58. The van der Waals surface area contributed by atoms with Crippen molar-refractivity contribution in [2.75, 3.05) is 7.11 Å². The van der Waals surface area contributed by atoms with Gasteiger partial charge in [-0.25, -0.2) is 0 Å². The third kappa shape index (κ3) is 4.03. The van der Waals surface area contributed by atoms with Crippen LogP contribution in [0.15, 0.2) is 36.4 Å². The number of hydrogen-bond acceptors (Lipinski definition) is 3. The average molecular weight is 326 g/mol. The Morgan fingerprint density at radius 3 is 2.62 bits per heavy atom. The molecule has 2 N–H and O–H groups in total. The Bertz CT molecular complexity index is 632. The molecule has 0 aliphatic rings. The van der Waals surface area contributed by atoms with Crippen LogP contribution in [0, 0.1) is 0 Å². The summed E-state index contributed by atoms with van der Waals surface area (Å²) in [6, 6.07) is 10.8. The second kappa shape index (κ2) is 7.03. The van der Waals surface area contributed by atoms with Crippen LogP contribution < -0.4 is 10.1 Å². The third-order valence-corrected chi connectivity index (χ3v) is 3.85. The summed E-state index contributed by atoms with van der Waals surface area (Å²) in [4.78, 5) is 0. The molecular formula is C16H17Cl2NO2. The Hall–Kier alpha value is -1.42. The number of methoxy groups -OCH3 is 1. The highest BCUT2D eigenvalue weighted by atomic mass is 35.5. The fraction of sp³-hybridized carbons (Fsp3) is 0.250. The van der Waals surface area contributed by atoms with Crippen molar-refractivity contribution >= 4 is 23.2 Å². The predicted molar refractivity (Wildman–Crippen MR) is 86.4 cm³/mol. The van der Waals surface area contributed by atoms with E-state index in [-0.39, 0.29) is 11.8 Å². The lowest BCUT2D eigenvalue weighted by Crippen LogP contribution is -2.18. The van der Waals surface area contributed by atoms with E-state index in [0.29, 0.717) is 22.3 Å². The summed E-state index contributed by atoms with van der Waals surface area (Å²) in [6.07, 6.45) is 0. The maximum Gasteiger partial charge on any atom is 0.160 e. The van der Waals surface area contributed by atoms with E-state index in [0.717, 1.165) is 11.1 Å². The third-order valence-electron chi connectivity index (χ3n) is 3.29. The van der Waals surface area contributed by atoms with Crippen molar-refractivity contribution in [2.45, 2.75) is 19.5 Å². The van der Waals surface area contributed by atoms with Crippen molar-refractivity contribution in [3.8, 4) is 11.5 Å². The highest BCUT2D eigenvalue weighted by Crippen LogP contribution is 2.28. The number of aromatic hydroxyl groups is 1. The van der Waals surface area contributed by atoms with Crippen LogP contribution in [0.4, 0.5) is 0 Å². The van der Waals surface area contributed by atoms with Gasteiger partial charge in [-0.05, 0) is 42.3 Å². The lowest BCUT2D eigenvalue weighted by molar-refractivity contribution is 0.372. The fourth-order valence-electron chi connectivity index (χ4n) is 2.07. The Kier molecular flexibility index (Phi) is 5.34. The van der Waals surface area contributed by atoms with E-state index in [1.807, 2.05) is 25.1 Å². The Morgan fingerprint density at radius 1 is 1.19 bits per heavy atom. The molecule has 21 heavy (non-hydrogen) atoms. The summed E-state index contributed by atoms with van der Waals surface area (Å²) in [5.41, 5.74) is 2.01. The first-order valence-electron chi connectivity index (χ1n) is 6.55. The average Bonchev–Trinajstić information content (AvgIpc) is 2.46. The van der Waals surface area contributed by atoms with Crippen molar-refractivity contribution in [2.24, 2.45) is 0 Å². The van der Waals surface area contributed by atoms with E-state index in [4.69, 9.17) is 27.9 Å². The number of phenolic OH excluding ortho intramolecular Hbond substituents is 1. The molecule has 0 bridgehead atoms. The van der Waals surface area contributed by atoms with E-state index < -0.39 is 0 Å². The molecule has 2 aromatic carbocycles. The van der Waals surface area contributed by atoms with Crippen molar-refractivity contribution in [3.63, 3.8) is 0 Å². The molecule has 0 fully saturated rings. The smallest absolute Gasteiger partial charge is 0.160 e. The van der Waals surface area contributed by atoms with Crippen LogP contribution in [0.5, 0.6) is 11.5 Å². The van der Waals surface area contributed by atoms with Gasteiger partial charge >= 0.3 is 0 Å². The lowest BCUT2D eigenvalue weighted by atomic mass is 10.1. The zero-order valence-corrected chi connectivity index (χ0v) is 13.4. The van der Waals surface area contributed by atoms with Crippen molar-refractivity contribution in [1.29, 1.82) is 0 Å². The van der Waals surface area contributed by atoms with E-state index in [1.54, 1.807) is 18.2 Å². The fourth-order valence-corrected chi connectivity index (χ4v) is 2.64. The SMILES string of the molecule is COc1cc(CNC(C)c2ccc(Cl)cc2Cl)ccc1O. The monoisotopic (exact) mass is 325 g/mol. The summed E-state index contributed by atoms with van der Waals surface area (Å²) >= 11 is 12.1. The number of halogens is 2. The van der Waals surface area contributed by atoms with Crippen LogP contribution in [0.2, 0.25) is 10.0 Å². The molecule has 0 aliphatic carbocycles. The maximum atomic E-state index is 9.58. The Balaban J connectivity index is 2.05. The zero-order chi connectivity index (χ0) is 15.4. The first-order chi connectivity index (χ1) is 10.0. The molecule has 0 amide bonds. The van der Waals surface area contributed by atoms with Crippen LogP contribution in [0.25, 0.3) is 0 Å². The number of hydrogen-bond donors (Lipinski definition) is 2. The number of benzene rings is 2. The van der Waals surface area contributed by atoms with Crippen LogP contribution in [-0.4, -0.2) is 12.2 Å². The Labute approximate surface area is 134 Å². The van der Waals surface area contributed by atoms with Crippen molar-refractivity contribution in [1.82, 2.24) is 5.32 Å². The van der Waals surface area contributed by atoms with Crippen molar-refractivity contribution < 1.29 is 9.84 Å². The predicted octanol–water partition coefficient (Wildman–Crippen LogP) is 4.56. The van der Waals surface area contributed by atoms with Crippen LogP contribution in [-0.2, 0) is 6.54 Å². The van der Waals surface area contributed by atoms with E-state index in [9.17, 15) is 5.11 Å². The molecule has 2 aromatic rings. The normalized spacial score (nSPS) is 12.2. The molecule has 0 saturated carbocycles. The molecule has 112 valence electrons.